The summed E-state index contributed by atoms with van der Waals surface area (Å²) in [5, 5.41) is 9.50. The van der Waals surface area contributed by atoms with Crippen LogP contribution in [0.3, 0.4) is 0 Å². The van der Waals surface area contributed by atoms with Crippen LogP contribution in [0.1, 0.15) is 23.7 Å². The fourth-order valence-electron chi connectivity index (χ4n) is 1.79. The van der Waals surface area contributed by atoms with Crippen molar-refractivity contribution in [1.29, 1.82) is 0 Å². The normalized spacial score (nSPS) is 11.8. The molecule has 0 radical (unpaired) electrons. The Hall–Kier alpha value is -1.86. The summed E-state index contributed by atoms with van der Waals surface area (Å²) in [6.07, 6.45) is 2.24. The Morgan fingerprint density at radius 1 is 1.42 bits per heavy atom. The van der Waals surface area contributed by atoms with E-state index in [9.17, 15) is 13.2 Å². The lowest BCUT2D eigenvalue weighted by atomic mass is 10.1. The highest BCUT2D eigenvalue weighted by atomic mass is 32.2. The quantitative estimate of drug-likeness (QED) is 0.774. The zero-order valence-electron chi connectivity index (χ0n) is 10.3. The van der Waals surface area contributed by atoms with Crippen molar-refractivity contribution in [3.05, 3.63) is 30.0 Å². The summed E-state index contributed by atoms with van der Waals surface area (Å²) in [4.78, 5) is 13.8. The first-order valence-corrected chi connectivity index (χ1v) is 7.28. The van der Waals surface area contributed by atoms with Crippen LogP contribution in [0.5, 0.6) is 0 Å². The zero-order valence-corrected chi connectivity index (χ0v) is 11.1. The minimum atomic E-state index is -3.71. The molecule has 2 rings (SSSR count). The van der Waals surface area contributed by atoms with Crippen LogP contribution in [0, 0.1) is 0 Å². The van der Waals surface area contributed by atoms with Crippen molar-refractivity contribution in [2.75, 3.05) is 6.54 Å². The van der Waals surface area contributed by atoms with Gasteiger partial charge in [0.2, 0.25) is 10.0 Å². The van der Waals surface area contributed by atoms with Crippen LogP contribution in [-0.4, -0.2) is 31.0 Å². The van der Waals surface area contributed by atoms with Gasteiger partial charge in [0.05, 0.1) is 10.5 Å². The maximum Gasteiger partial charge on any atom is 0.335 e. The summed E-state index contributed by atoms with van der Waals surface area (Å²) in [6, 6.07) is 4.20. The number of sulfonamides is 1. The van der Waals surface area contributed by atoms with E-state index in [1.165, 1.54) is 12.1 Å². The maximum absolute atomic E-state index is 12.2. The number of hydrogen-bond donors (Lipinski definition) is 3. The number of aromatic amines is 1. The first-order valence-electron chi connectivity index (χ1n) is 5.80. The molecule has 0 saturated heterocycles. The van der Waals surface area contributed by atoms with Crippen molar-refractivity contribution in [3.63, 3.8) is 0 Å². The van der Waals surface area contributed by atoms with Gasteiger partial charge < -0.3 is 10.1 Å². The smallest absolute Gasteiger partial charge is 0.335 e. The first kappa shape index (κ1) is 13.6. The number of nitrogens with one attached hydrogen (secondary N) is 2. The number of carboxylic acid groups (broad SMARTS) is 1. The summed E-state index contributed by atoms with van der Waals surface area (Å²) in [7, 11) is -3.71. The molecule has 1 heterocycles. The van der Waals surface area contributed by atoms with Gasteiger partial charge in [0.1, 0.15) is 0 Å². The molecule has 0 unspecified atom stereocenters. The molecular formula is C12H14N2O4S. The largest absolute Gasteiger partial charge is 0.478 e. The second kappa shape index (κ2) is 5.02. The molecule has 0 atom stereocenters. The number of carboxylic acids is 1. The van der Waals surface area contributed by atoms with Gasteiger partial charge >= 0.3 is 5.97 Å². The number of hydrogen-bond acceptors (Lipinski definition) is 3. The zero-order chi connectivity index (χ0) is 14.0. The lowest BCUT2D eigenvalue weighted by Crippen LogP contribution is -2.24. The Kier molecular flexibility index (Phi) is 3.59. The van der Waals surface area contributed by atoms with Crippen LogP contribution in [0.15, 0.2) is 29.3 Å². The Balaban J connectivity index is 2.64. The molecule has 6 nitrogen and oxygen atoms in total. The van der Waals surface area contributed by atoms with Gasteiger partial charge in [-0.05, 0) is 24.6 Å². The van der Waals surface area contributed by atoms with Crippen molar-refractivity contribution in [2.24, 2.45) is 0 Å². The highest BCUT2D eigenvalue weighted by Gasteiger charge is 2.20. The molecule has 0 amide bonds. The Morgan fingerprint density at radius 3 is 2.79 bits per heavy atom. The van der Waals surface area contributed by atoms with Gasteiger partial charge in [0, 0.05) is 23.6 Å². The van der Waals surface area contributed by atoms with Crippen LogP contribution in [-0.2, 0) is 10.0 Å². The van der Waals surface area contributed by atoms with Crippen LogP contribution in [0.2, 0.25) is 0 Å². The second-order valence-corrected chi connectivity index (χ2v) is 5.85. The molecule has 0 aliphatic carbocycles. The molecule has 3 N–H and O–H groups in total. The SMILES string of the molecule is CCCNS(=O)(=O)c1cc(C(=O)O)cc2[nH]ccc12. The van der Waals surface area contributed by atoms with E-state index in [0.717, 1.165) is 0 Å². The molecule has 0 aliphatic heterocycles. The van der Waals surface area contributed by atoms with Crippen molar-refractivity contribution < 1.29 is 18.3 Å². The van der Waals surface area contributed by atoms with E-state index in [-0.39, 0.29) is 10.5 Å². The number of benzene rings is 1. The highest BCUT2D eigenvalue weighted by Crippen LogP contribution is 2.24. The fourth-order valence-corrected chi connectivity index (χ4v) is 3.17. The third-order valence-electron chi connectivity index (χ3n) is 2.71. The average molecular weight is 282 g/mol. The van der Waals surface area contributed by atoms with E-state index in [0.29, 0.717) is 23.9 Å². The van der Waals surface area contributed by atoms with Crippen LogP contribution < -0.4 is 4.72 Å². The highest BCUT2D eigenvalue weighted by molar-refractivity contribution is 7.89. The van der Waals surface area contributed by atoms with E-state index < -0.39 is 16.0 Å². The van der Waals surface area contributed by atoms with Crippen LogP contribution in [0.4, 0.5) is 0 Å². The molecule has 0 bridgehead atoms. The van der Waals surface area contributed by atoms with Gasteiger partial charge in [-0.15, -0.1) is 0 Å². The molecule has 1 aromatic carbocycles. The molecule has 0 spiro atoms. The van der Waals surface area contributed by atoms with Gasteiger partial charge in [0.25, 0.3) is 0 Å². The van der Waals surface area contributed by atoms with Gasteiger partial charge in [-0.25, -0.2) is 17.9 Å². The Morgan fingerprint density at radius 2 is 2.16 bits per heavy atom. The monoisotopic (exact) mass is 282 g/mol. The standard InChI is InChI=1S/C12H14N2O4S/c1-2-4-14-19(17,18)11-7-8(12(15)16)6-10-9(11)3-5-13-10/h3,5-7,13-14H,2,4H2,1H3,(H,15,16). The molecule has 0 saturated carbocycles. The molecule has 7 heteroatoms. The van der Waals surface area contributed by atoms with E-state index in [1.54, 1.807) is 12.3 Å². The molecule has 102 valence electrons. The second-order valence-electron chi connectivity index (χ2n) is 4.12. The molecule has 19 heavy (non-hydrogen) atoms. The molecule has 0 aliphatic rings. The lowest BCUT2D eigenvalue weighted by Gasteiger charge is -2.08. The fraction of sp³-hybridized carbons (Fsp3) is 0.250. The van der Waals surface area contributed by atoms with Crippen molar-refractivity contribution >= 4 is 26.9 Å². The summed E-state index contributed by atoms with van der Waals surface area (Å²) in [6.45, 7) is 2.16. The minimum Gasteiger partial charge on any atom is -0.478 e. The minimum absolute atomic E-state index is 0.0166. The van der Waals surface area contributed by atoms with Crippen molar-refractivity contribution in [1.82, 2.24) is 9.71 Å². The molecule has 0 fully saturated rings. The first-order chi connectivity index (χ1) is 8.95. The molecular weight excluding hydrogens is 268 g/mol. The number of carbonyl (C=O) groups is 1. The average Bonchev–Trinajstić information content (AvgIpc) is 2.82. The van der Waals surface area contributed by atoms with Crippen molar-refractivity contribution in [2.45, 2.75) is 18.2 Å². The topological polar surface area (TPSA) is 99.3 Å². The van der Waals surface area contributed by atoms with Crippen LogP contribution in [0.25, 0.3) is 10.9 Å². The lowest BCUT2D eigenvalue weighted by molar-refractivity contribution is 0.0697. The predicted molar refractivity (Wildman–Crippen MR) is 70.7 cm³/mol. The third kappa shape index (κ3) is 2.61. The maximum atomic E-state index is 12.2. The van der Waals surface area contributed by atoms with Crippen LogP contribution >= 0.6 is 0 Å². The number of H-pyrrole nitrogens is 1. The summed E-state index contributed by atoms with van der Waals surface area (Å²) < 4.78 is 26.8. The number of rotatable bonds is 5. The van der Waals surface area contributed by atoms with E-state index >= 15 is 0 Å². The van der Waals surface area contributed by atoms with Gasteiger partial charge in [-0.1, -0.05) is 6.92 Å². The van der Waals surface area contributed by atoms with Crippen molar-refractivity contribution in [3.8, 4) is 0 Å². The third-order valence-corrected chi connectivity index (χ3v) is 4.21. The van der Waals surface area contributed by atoms with E-state index in [2.05, 4.69) is 9.71 Å². The summed E-state index contributed by atoms with van der Waals surface area (Å²) in [5.74, 6) is -1.16. The Bertz CT molecular complexity index is 718. The summed E-state index contributed by atoms with van der Waals surface area (Å²) in [5.41, 5.74) is 0.420. The number of aromatic nitrogens is 1. The van der Waals surface area contributed by atoms with Gasteiger partial charge in [0.15, 0.2) is 0 Å². The number of aromatic carboxylic acids is 1. The number of fused-ring (bicyclic) bond motifs is 1. The van der Waals surface area contributed by atoms with E-state index in [1.807, 2.05) is 6.92 Å². The molecule has 2 aromatic rings. The summed E-state index contributed by atoms with van der Waals surface area (Å²) >= 11 is 0. The van der Waals surface area contributed by atoms with Gasteiger partial charge in [-0.2, -0.15) is 0 Å². The van der Waals surface area contributed by atoms with Gasteiger partial charge in [-0.3, -0.25) is 0 Å². The van der Waals surface area contributed by atoms with E-state index in [4.69, 9.17) is 5.11 Å². The Labute approximate surface area is 110 Å². The predicted octanol–water partition coefficient (Wildman–Crippen LogP) is 1.55. The molecule has 1 aromatic heterocycles.